The van der Waals surface area contributed by atoms with Crippen molar-refractivity contribution < 1.29 is 28.4 Å². The van der Waals surface area contributed by atoms with E-state index in [1.165, 1.54) is 12.3 Å². The number of hydrogen-bond acceptors (Lipinski definition) is 5. The fraction of sp³-hybridized carbons (Fsp3) is 0.333. The minimum Gasteiger partial charge on any atom is -0.427 e. The van der Waals surface area contributed by atoms with Crippen LogP contribution >= 0.6 is 69.6 Å². The molecule has 0 saturated heterocycles. The Balaban J connectivity index is 2.20. The fourth-order valence-corrected chi connectivity index (χ4v) is 2.70. The molecule has 1 aromatic rings. The Morgan fingerprint density at radius 1 is 0.935 bits per heavy atom. The Bertz CT molecular complexity index is 880. The van der Waals surface area contributed by atoms with Crippen molar-refractivity contribution in [2.45, 2.75) is 20.0 Å². The van der Waals surface area contributed by atoms with Gasteiger partial charge in [0.1, 0.15) is 25.5 Å². The smallest absolute Gasteiger partial charge is 0.427 e. The van der Waals surface area contributed by atoms with Crippen LogP contribution in [0.4, 0.5) is 9.59 Å². The fourth-order valence-electron chi connectivity index (χ4n) is 2.37. The first-order valence-electron chi connectivity index (χ1n) is 8.51. The molecule has 0 fully saturated rings. The van der Waals surface area contributed by atoms with Crippen LogP contribution in [0.15, 0.2) is 42.6 Å². The van der Waals surface area contributed by atoms with Crippen LogP contribution < -0.4 is 0 Å². The topological polar surface area (TPSA) is 75.9 Å². The van der Waals surface area contributed by atoms with Gasteiger partial charge in [-0.25, -0.2) is 0 Å². The number of carbonyl (C=O) groups excluding carboxylic acids is 3. The first-order chi connectivity index (χ1) is 14.4. The molecular weight excluding hydrogens is 537 g/mol. The van der Waals surface area contributed by atoms with Crippen molar-refractivity contribution in [3.05, 3.63) is 48.2 Å². The van der Waals surface area contributed by atoms with Crippen LogP contribution in [0.5, 0.6) is 0 Å². The van der Waals surface area contributed by atoms with E-state index >= 15 is 0 Å². The molecule has 0 aliphatic carbocycles. The minimum atomic E-state index is -1.85. The highest BCUT2D eigenvalue weighted by atomic mass is 35.6. The van der Waals surface area contributed by atoms with Gasteiger partial charge in [-0.1, -0.05) is 99.9 Å². The molecule has 0 spiro atoms. The van der Waals surface area contributed by atoms with Crippen LogP contribution in [0.2, 0.25) is 0 Å². The van der Waals surface area contributed by atoms with Crippen LogP contribution in [0.25, 0.3) is 0 Å². The zero-order chi connectivity index (χ0) is 23.2. The maximum atomic E-state index is 12.6. The lowest BCUT2D eigenvalue weighted by atomic mass is 10.0. The molecule has 1 aromatic carbocycles. The van der Waals surface area contributed by atoms with Gasteiger partial charge in [-0.2, -0.15) is 14.2 Å². The van der Waals surface area contributed by atoms with Crippen molar-refractivity contribution in [2.24, 2.45) is 0 Å². The largest absolute Gasteiger partial charge is 0.511 e. The standard InChI is InChI=1S/C18H15Cl6N2O5/c19-17(20,21)9-30-15(28)25-7-6-13(8-14(27)12-4-2-1-3-5-12)26(11-25)16(29)31-10-18(22,23)24/h1-7,11,13H,8-10H2/q+1. The lowest BCUT2D eigenvalue weighted by molar-refractivity contribution is -0.475. The molecule has 7 nitrogen and oxygen atoms in total. The van der Waals surface area contributed by atoms with E-state index in [9.17, 15) is 14.4 Å². The quantitative estimate of drug-likeness (QED) is 0.274. The van der Waals surface area contributed by atoms with Gasteiger partial charge in [-0.15, -0.1) is 4.90 Å². The van der Waals surface area contributed by atoms with Crippen LogP contribution in [0.1, 0.15) is 16.8 Å². The minimum absolute atomic E-state index is 0.100. The number of Topliss-reactive ketones (excluding diaryl/α,β-unsaturated/α-hetero) is 1. The summed E-state index contributed by atoms with van der Waals surface area (Å²) in [4.78, 5) is 38.3. The number of ether oxygens (including phenoxy) is 2. The van der Waals surface area contributed by atoms with Gasteiger partial charge in [0, 0.05) is 11.6 Å². The summed E-state index contributed by atoms with van der Waals surface area (Å²) in [5.41, 5.74) is 0.454. The van der Waals surface area contributed by atoms with E-state index < -0.39 is 39.0 Å². The molecule has 31 heavy (non-hydrogen) atoms. The summed E-state index contributed by atoms with van der Waals surface area (Å²) < 4.78 is 7.18. The third-order valence-corrected chi connectivity index (χ3v) is 4.36. The average molecular weight is 552 g/mol. The van der Waals surface area contributed by atoms with Crippen molar-refractivity contribution in [1.29, 1.82) is 0 Å². The van der Waals surface area contributed by atoms with Gasteiger partial charge in [0.2, 0.25) is 7.59 Å². The van der Waals surface area contributed by atoms with Gasteiger partial charge >= 0.3 is 12.2 Å². The number of rotatable bonds is 5. The second-order valence-corrected chi connectivity index (χ2v) is 11.2. The predicted octanol–water partition coefficient (Wildman–Crippen LogP) is 5.51. The summed E-state index contributed by atoms with van der Waals surface area (Å²) in [6.07, 6.45) is 1.83. The number of ketones is 1. The number of halogens is 6. The van der Waals surface area contributed by atoms with Crippen molar-refractivity contribution in [1.82, 2.24) is 4.90 Å². The van der Waals surface area contributed by atoms with Crippen LogP contribution in [-0.2, 0) is 9.47 Å². The normalized spacial score (nSPS) is 16.5. The highest BCUT2D eigenvalue weighted by molar-refractivity contribution is 6.68. The van der Waals surface area contributed by atoms with Crippen molar-refractivity contribution in [3.8, 4) is 0 Å². The number of nitrogens with zero attached hydrogens (tertiary/aromatic N) is 2. The highest BCUT2D eigenvalue weighted by Gasteiger charge is 2.36. The summed E-state index contributed by atoms with van der Waals surface area (Å²) in [7, 11) is 0. The first kappa shape index (κ1) is 26.0. The summed E-state index contributed by atoms with van der Waals surface area (Å²) in [5, 5.41) is 0. The zero-order valence-corrected chi connectivity index (χ0v) is 20.1. The van der Waals surface area contributed by atoms with Crippen molar-refractivity contribution in [3.63, 3.8) is 0 Å². The summed E-state index contributed by atoms with van der Waals surface area (Å²) >= 11 is 33.5. The van der Waals surface area contributed by atoms with Gasteiger partial charge in [0.15, 0.2) is 5.78 Å². The number of benzene rings is 1. The van der Waals surface area contributed by atoms with E-state index in [1.807, 2.05) is 0 Å². The number of carbonyl (C=O) groups is 3. The zero-order valence-electron chi connectivity index (χ0n) is 15.5. The van der Waals surface area contributed by atoms with Gasteiger partial charge < -0.3 is 9.47 Å². The molecule has 168 valence electrons. The van der Waals surface area contributed by atoms with E-state index in [0.717, 1.165) is 15.8 Å². The van der Waals surface area contributed by atoms with Gasteiger partial charge in [0.25, 0.3) is 6.34 Å². The maximum Gasteiger partial charge on any atom is 0.511 e. The molecule has 0 bridgehead atoms. The van der Waals surface area contributed by atoms with E-state index in [1.54, 1.807) is 30.3 Å². The summed E-state index contributed by atoms with van der Waals surface area (Å²) in [6, 6.07) is 7.70. The van der Waals surface area contributed by atoms with E-state index in [4.69, 9.17) is 79.1 Å². The average Bonchev–Trinajstić information content (AvgIpc) is 2.70. The number of alkyl halides is 6. The van der Waals surface area contributed by atoms with Crippen LogP contribution in [-0.4, -0.2) is 60.6 Å². The van der Waals surface area contributed by atoms with Crippen molar-refractivity contribution >= 4 is 93.9 Å². The molecule has 1 aliphatic rings. The lowest BCUT2D eigenvalue weighted by Crippen LogP contribution is -2.43. The lowest BCUT2D eigenvalue weighted by Gasteiger charge is -2.20. The molecule has 1 unspecified atom stereocenters. The predicted molar refractivity (Wildman–Crippen MR) is 120 cm³/mol. The number of hydrogen-bond donors (Lipinski definition) is 0. The molecule has 1 atom stereocenters. The highest BCUT2D eigenvalue weighted by Crippen LogP contribution is 2.27. The third-order valence-electron chi connectivity index (χ3n) is 3.71. The molecule has 0 N–H and O–H groups in total. The first-order valence-corrected chi connectivity index (χ1v) is 10.8. The molecule has 0 radical (unpaired) electrons. The Morgan fingerprint density at radius 2 is 1.52 bits per heavy atom. The summed E-state index contributed by atoms with van der Waals surface area (Å²) in [6.45, 7) is -1.08. The molecular formula is C18H15Cl6N2O5+. The monoisotopic (exact) mass is 549 g/mol. The van der Waals surface area contributed by atoms with Gasteiger partial charge in [-0.05, 0) is 0 Å². The second-order valence-electron chi connectivity index (χ2n) is 6.17. The molecule has 2 amide bonds. The van der Waals surface area contributed by atoms with Crippen LogP contribution in [0.3, 0.4) is 0 Å². The molecule has 2 rings (SSSR count). The van der Waals surface area contributed by atoms with E-state index in [-0.39, 0.29) is 12.2 Å². The maximum absolute atomic E-state index is 12.6. The Labute approximate surface area is 208 Å². The molecule has 0 aromatic heterocycles. The molecule has 1 heterocycles. The van der Waals surface area contributed by atoms with Crippen LogP contribution in [0, 0.1) is 0 Å². The Kier molecular flexibility index (Phi) is 9.30. The molecule has 13 heteroatoms. The molecule has 1 aliphatic heterocycles. The summed E-state index contributed by atoms with van der Waals surface area (Å²) in [5.74, 6) is -0.241. The third kappa shape index (κ3) is 9.04. The second kappa shape index (κ2) is 11.1. The molecule has 0 saturated carbocycles. The van der Waals surface area contributed by atoms with E-state index in [0.29, 0.717) is 5.56 Å². The van der Waals surface area contributed by atoms with Crippen molar-refractivity contribution in [2.75, 3.05) is 13.2 Å². The van der Waals surface area contributed by atoms with E-state index in [2.05, 4.69) is 0 Å². The SMILES string of the molecule is O=C(CC1C=CN(C(=O)OCC(Cl)(Cl)Cl)C=[N+]1C(=O)OCC(Cl)(Cl)Cl)c1ccccc1. The van der Waals surface area contributed by atoms with Gasteiger partial charge in [0.05, 0.1) is 6.42 Å². The Hall–Kier alpha value is -1.22. The Morgan fingerprint density at radius 3 is 2.10 bits per heavy atom. The van der Waals surface area contributed by atoms with Gasteiger partial charge in [-0.3, -0.25) is 4.79 Å². The number of amides is 2.